The quantitative estimate of drug-likeness (QED) is 0.539. The summed E-state index contributed by atoms with van der Waals surface area (Å²) in [5.41, 5.74) is 0.710. The first-order chi connectivity index (χ1) is 11.0. The molecule has 0 bridgehead atoms. The van der Waals surface area contributed by atoms with Gasteiger partial charge >= 0.3 is 0 Å². The molecule has 0 radical (unpaired) electrons. The highest BCUT2D eigenvalue weighted by molar-refractivity contribution is 6.11. The molecule has 0 spiro atoms. The molecule has 3 rings (SSSR count). The first kappa shape index (κ1) is 16.9. The highest BCUT2D eigenvalue weighted by Crippen LogP contribution is 2.22. The number of aliphatic hydroxyl groups is 2. The van der Waals surface area contributed by atoms with E-state index in [1.165, 1.54) is 0 Å². The molecule has 0 saturated carbocycles. The van der Waals surface area contributed by atoms with Gasteiger partial charge < -0.3 is 24.4 Å². The Morgan fingerprint density at radius 3 is 2.70 bits per heavy atom. The van der Waals surface area contributed by atoms with E-state index in [4.69, 9.17) is 14.2 Å². The van der Waals surface area contributed by atoms with Crippen molar-refractivity contribution in [3.8, 4) is 0 Å². The van der Waals surface area contributed by atoms with Crippen LogP contribution in [0.4, 0.5) is 0 Å². The normalized spacial score (nSPS) is 37.5. The maximum atomic E-state index is 9.91. The van der Waals surface area contributed by atoms with Gasteiger partial charge in [0.15, 0.2) is 0 Å². The van der Waals surface area contributed by atoms with Crippen molar-refractivity contribution in [2.45, 2.75) is 62.4 Å². The van der Waals surface area contributed by atoms with E-state index < -0.39 is 6.10 Å². The zero-order valence-electron chi connectivity index (χ0n) is 13.5. The van der Waals surface area contributed by atoms with Crippen LogP contribution in [0.2, 0.25) is 0 Å². The van der Waals surface area contributed by atoms with Crippen LogP contribution in [0.5, 0.6) is 0 Å². The molecule has 0 amide bonds. The molecule has 1 aromatic heterocycles. The van der Waals surface area contributed by atoms with Gasteiger partial charge in [0.2, 0.25) is 0 Å². The van der Waals surface area contributed by atoms with Gasteiger partial charge in [-0.15, -0.1) is 5.10 Å². The average Bonchev–Trinajstić information content (AvgIpc) is 3.17. The van der Waals surface area contributed by atoms with Crippen LogP contribution in [0, 0.1) is 0 Å². The molecule has 0 aromatic carbocycles. The molecule has 2 aliphatic heterocycles. The molecule has 2 saturated heterocycles. The molecule has 3 heterocycles. The zero-order valence-corrected chi connectivity index (χ0v) is 13.5. The Kier molecular flexibility index (Phi) is 5.38. The summed E-state index contributed by atoms with van der Waals surface area (Å²) in [6.07, 6.45) is 2.10. The topological polar surface area (TPSA) is 98.9 Å². The van der Waals surface area contributed by atoms with Crippen molar-refractivity contribution >= 4 is 15.7 Å². The van der Waals surface area contributed by atoms with Crippen LogP contribution >= 0.6 is 0 Å². The molecule has 2 fully saturated rings. The second-order valence-corrected chi connectivity index (χ2v) is 6.47. The van der Waals surface area contributed by atoms with Gasteiger partial charge in [0, 0.05) is 12.0 Å². The van der Waals surface area contributed by atoms with Crippen molar-refractivity contribution in [3.63, 3.8) is 0 Å². The molecule has 8 nitrogen and oxygen atoms in total. The maximum Gasteiger partial charge on any atom is 0.139 e. The summed E-state index contributed by atoms with van der Waals surface area (Å²) >= 11 is 0. The van der Waals surface area contributed by atoms with Crippen molar-refractivity contribution in [2.24, 2.45) is 0 Å². The van der Waals surface area contributed by atoms with Crippen molar-refractivity contribution in [3.05, 3.63) is 11.9 Å². The highest BCUT2D eigenvalue weighted by atomic mass is 16.6. The molecule has 0 aliphatic carbocycles. The number of aromatic nitrogens is 3. The number of hydrogen-bond acceptors (Lipinski definition) is 7. The van der Waals surface area contributed by atoms with Crippen LogP contribution in [0.15, 0.2) is 6.20 Å². The van der Waals surface area contributed by atoms with E-state index in [0.717, 1.165) is 6.42 Å². The predicted molar refractivity (Wildman–Crippen MR) is 85.3 cm³/mol. The van der Waals surface area contributed by atoms with Crippen molar-refractivity contribution in [1.29, 1.82) is 0 Å². The standard InChI is InChI=1S/C13H23B2N3O5/c14-12-1-8(20)10(22-12)4-18-3-7(16-17-18)6-21-9-2-13(15)23-11(9)5-19/h3,8-13,19-20H,1-2,4-6,14-15H2/t8-,9-,10?,11?,12-,13-/m1/s1. The van der Waals surface area contributed by atoms with E-state index >= 15 is 0 Å². The Morgan fingerprint density at radius 1 is 1.26 bits per heavy atom. The Bertz CT molecular complexity index is 520. The van der Waals surface area contributed by atoms with E-state index in [9.17, 15) is 10.2 Å². The Morgan fingerprint density at radius 2 is 2.00 bits per heavy atom. The summed E-state index contributed by atoms with van der Waals surface area (Å²) in [4.78, 5) is 0. The lowest BCUT2D eigenvalue weighted by Crippen LogP contribution is -2.27. The third-order valence-electron chi connectivity index (χ3n) is 4.37. The summed E-state index contributed by atoms with van der Waals surface area (Å²) in [6.45, 7) is 0.750. The molecular weight excluding hydrogens is 300 g/mol. The Balaban J connectivity index is 1.49. The Hall–Kier alpha value is -0.930. The van der Waals surface area contributed by atoms with Gasteiger partial charge in [0.25, 0.3) is 0 Å². The summed E-state index contributed by atoms with van der Waals surface area (Å²) in [5, 5.41) is 27.3. The maximum absolute atomic E-state index is 9.91. The summed E-state index contributed by atoms with van der Waals surface area (Å²) in [6, 6.07) is 0.164. The van der Waals surface area contributed by atoms with E-state index in [-0.39, 0.29) is 36.9 Å². The predicted octanol–water partition coefficient (Wildman–Crippen LogP) is -2.99. The van der Waals surface area contributed by atoms with Gasteiger partial charge in [-0.2, -0.15) is 0 Å². The second kappa shape index (κ2) is 7.31. The smallest absolute Gasteiger partial charge is 0.139 e. The van der Waals surface area contributed by atoms with Gasteiger partial charge in [-0.05, 0) is 12.8 Å². The van der Waals surface area contributed by atoms with Crippen molar-refractivity contribution < 1.29 is 24.4 Å². The number of aliphatic hydroxyl groups excluding tert-OH is 2. The highest BCUT2D eigenvalue weighted by Gasteiger charge is 2.33. The number of nitrogens with zero attached hydrogens (tertiary/aromatic N) is 3. The Labute approximate surface area is 136 Å². The van der Waals surface area contributed by atoms with Crippen molar-refractivity contribution in [1.82, 2.24) is 15.0 Å². The molecule has 126 valence electrons. The van der Waals surface area contributed by atoms with Gasteiger partial charge in [-0.25, -0.2) is 4.68 Å². The van der Waals surface area contributed by atoms with Crippen LogP contribution in [-0.4, -0.2) is 83.9 Å². The molecule has 1 aromatic rings. The summed E-state index contributed by atoms with van der Waals surface area (Å²) < 4.78 is 18.7. The molecule has 6 atom stereocenters. The molecule has 2 N–H and O–H groups in total. The van der Waals surface area contributed by atoms with E-state index in [1.54, 1.807) is 10.9 Å². The van der Waals surface area contributed by atoms with Crippen LogP contribution in [0.25, 0.3) is 0 Å². The minimum Gasteiger partial charge on any atom is -0.394 e. The first-order valence-electron chi connectivity index (χ1n) is 8.15. The first-order valence-corrected chi connectivity index (χ1v) is 8.15. The third-order valence-corrected chi connectivity index (χ3v) is 4.37. The number of rotatable bonds is 6. The van der Waals surface area contributed by atoms with E-state index in [2.05, 4.69) is 10.3 Å². The molecule has 23 heavy (non-hydrogen) atoms. The third kappa shape index (κ3) is 4.13. The monoisotopic (exact) mass is 323 g/mol. The SMILES string of the molecule is B[C@H]1C[C@@H](O)C(Cn2cc(CO[C@@H]3C[C@H](B)OC3CO)nn2)O1. The molecule has 2 aliphatic rings. The minimum absolute atomic E-state index is 0.0449. The lowest BCUT2D eigenvalue weighted by Gasteiger charge is -2.16. The summed E-state index contributed by atoms with van der Waals surface area (Å²) in [5.74, 6) is 0. The average molecular weight is 323 g/mol. The van der Waals surface area contributed by atoms with Gasteiger partial charge in [0.1, 0.15) is 33.6 Å². The fourth-order valence-corrected chi connectivity index (χ4v) is 3.23. The second-order valence-electron chi connectivity index (χ2n) is 6.47. The van der Waals surface area contributed by atoms with Gasteiger partial charge in [0.05, 0.1) is 38.2 Å². The lowest BCUT2D eigenvalue weighted by molar-refractivity contribution is -0.0440. The lowest BCUT2D eigenvalue weighted by atomic mass is 9.96. The zero-order chi connectivity index (χ0) is 16.4. The summed E-state index contributed by atoms with van der Waals surface area (Å²) in [7, 11) is 3.92. The van der Waals surface area contributed by atoms with Gasteiger partial charge in [-0.3, -0.25) is 0 Å². The largest absolute Gasteiger partial charge is 0.394 e. The number of ether oxygens (including phenoxy) is 3. The molecule has 10 heteroatoms. The molecule has 2 unspecified atom stereocenters. The van der Waals surface area contributed by atoms with Crippen LogP contribution in [0.1, 0.15) is 18.5 Å². The van der Waals surface area contributed by atoms with Crippen molar-refractivity contribution in [2.75, 3.05) is 6.61 Å². The fourth-order valence-electron chi connectivity index (χ4n) is 3.23. The van der Waals surface area contributed by atoms with E-state index in [1.807, 2.05) is 15.7 Å². The minimum atomic E-state index is -0.462. The molecular formula is C13H23B2N3O5. The van der Waals surface area contributed by atoms with Gasteiger partial charge in [-0.1, -0.05) is 5.21 Å². The van der Waals surface area contributed by atoms with E-state index in [0.29, 0.717) is 25.3 Å². The van der Waals surface area contributed by atoms with Crippen LogP contribution < -0.4 is 0 Å². The van der Waals surface area contributed by atoms with Crippen LogP contribution in [0.3, 0.4) is 0 Å². The fraction of sp³-hybridized carbons (Fsp3) is 0.846. The number of hydrogen-bond donors (Lipinski definition) is 2. The van der Waals surface area contributed by atoms with Crippen LogP contribution in [-0.2, 0) is 27.4 Å².